The second-order valence-corrected chi connectivity index (χ2v) is 6.83. The van der Waals surface area contributed by atoms with Crippen molar-refractivity contribution in [2.45, 2.75) is 71.4 Å². The molecule has 1 rings (SSSR count). The minimum Gasteiger partial charge on any atom is -0.379 e. The number of rotatable bonds is 13. The molecule has 1 aliphatic rings. The number of ketones is 1. The van der Waals surface area contributed by atoms with E-state index in [0.717, 1.165) is 25.7 Å². The SMILES string of the molecule is CCC(=O)C1CCC(NC(=O)CCOCCOCCOC(C)C)CC1.[HH]. The summed E-state index contributed by atoms with van der Waals surface area (Å²) >= 11 is 0. The lowest BCUT2D eigenvalue weighted by atomic mass is 9.83. The molecule has 1 saturated carbocycles. The lowest BCUT2D eigenvalue weighted by Gasteiger charge is -2.28. The number of amides is 1. The van der Waals surface area contributed by atoms with Gasteiger partial charge < -0.3 is 19.5 Å². The largest absolute Gasteiger partial charge is 0.379 e. The molecule has 6 nitrogen and oxygen atoms in total. The Morgan fingerprint density at radius 2 is 1.60 bits per heavy atom. The van der Waals surface area contributed by atoms with Crippen LogP contribution in [-0.2, 0) is 23.8 Å². The van der Waals surface area contributed by atoms with E-state index < -0.39 is 0 Å². The van der Waals surface area contributed by atoms with E-state index in [1.165, 1.54) is 0 Å². The van der Waals surface area contributed by atoms with Crippen LogP contribution in [0.2, 0.25) is 0 Å². The van der Waals surface area contributed by atoms with Crippen molar-refractivity contribution >= 4 is 11.7 Å². The number of ether oxygens (including phenoxy) is 3. The Labute approximate surface area is 153 Å². The van der Waals surface area contributed by atoms with Crippen LogP contribution in [0, 0.1) is 5.92 Å². The van der Waals surface area contributed by atoms with Gasteiger partial charge in [-0.2, -0.15) is 0 Å². The van der Waals surface area contributed by atoms with E-state index >= 15 is 0 Å². The van der Waals surface area contributed by atoms with Gasteiger partial charge in [-0.15, -0.1) is 0 Å². The third-order valence-electron chi connectivity index (χ3n) is 4.42. The zero-order chi connectivity index (χ0) is 18.5. The molecule has 6 heteroatoms. The second-order valence-electron chi connectivity index (χ2n) is 6.83. The number of hydrogen-bond acceptors (Lipinski definition) is 5. The summed E-state index contributed by atoms with van der Waals surface area (Å²) in [5.74, 6) is 0.583. The first-order valence-electron chi connectivity index (χ1n) is 9.62. The lowest BCUT2D eigenvalue weighted by Crippen LogP contribution is -2.39. The monoisotopic (exact) mass is 359 g/mol. The molecular formula is C19H37NO5. The average molecular weight is 360 g/mol. The molecule has 0 aromatic rings. The Balaban J connectivity index is 0.00000625. The first kappa shape index (κ1) is 22.1. The highest BCUT2D eigenvalue weighted by Gasteiger charge is 2.25. The maximum Gasteiger partial charge on any atom is 0.222 e. The van der Waals surface area contributed by atoms with Crippen LogP contribution in [0.1, 0.15) is 60.7 Å². The highest BCUT2D eigenvalue weighted by atomic mass is 16.5. The van der Waals surface area contributed by atoms with Crippen molar-refractivity contribution in [3.63, 3.8) is 0 Å². The Hall–Kier alpha value is -0.980. The molecule has 0 heterocycles. The molecule has 0 aliphatic heterocycles. The summed E-state index contributed by atoms with van der Waals surface area (Å²) in [6.45, 7) is 8.45. The predicted molar refractivity (Wildman–Crippen MR) is 98.6 cm³/mol. The molecule has 0 unspecified atom stereocenters. The summed E-state index contributed by atoms with van der Waals surface area (Å²) in [5, 5.41) is 3.05. The van der Waals surface area contributed by atoms with E-state index in [1.807, 2.05) is 20.8 Å². The maximum absolute atomic E-state index is 11.9. The van der Waals surface area contributed by atoms with E-state index in [2.05, 4.69) is 5.32 Å². The molecule has 1 fully saturated rings. The van der Waals surface area contributed by atoms with Crippen molar-refractivity contribution < 1.29 is 25.2 Å². The van der Waals surface area contributed by atoms with Gasteiger partial charge in [-0.1, -0.05) is 6.92 Å². The van der Waals surface area contributed by atoms with Gasteiger partial charge in [0.05, 0.1) is 39.1 Å². The smallest absolute Gasteiger partial charge is 0.222 e. The highest BCUT2D eigenvalue weighted by Crippen LogP contribution is 2.25. The molecule has 0 saturated heterocycles. The molecule has 0 aromatic carbocycles. The van der Waals surface area contributed by atoms with Crippen LogP contribution >= 0.6 is 0 Å². The molecule has 148 valence electrons. The highest BCUT2D eigenvalue weighted by molar-refractivity contribution is 5.80. The fourth-order valence-electron chi connectivity index (χ4n) is 2.98. The molecule has 0 spiro atoms. The quantitative estimate of drug-likeness (QED) is 0.512. The normalized spacial score (nSPS) is 20.6. The van der Waals surface area contributed by atoms with Crippen molar-refractivity contribution in [1.82, 2.24) is 5.32 Å². The number of hydrogen-bond donors (Lipinski definition) is 1. The number of carbonyl (C=O) groups is 2. The van der Waals surface area contributed by atoms with Crippen LogP contribution < -0.4 is 5.32 Å². The summed E-state index contributed by atoms with van der Waals surface area (Å²) in [4.78, 5) is 23.6. The van der Waals surface area contributed by atoms with E-state index in [4.69, 9.17) is 14.2 Å². The third kappa shape index (κ3) is 10.6. The molecule has 0 atom stereocenters. The fourth-order valence-corrected chi connectivity index (χ4v) is 2.98. The fraction of sp³-hybridized carbons (Fsp3) is 0.895. The van der Waals surface area contributed by atoms with Crippen LogP contribution in [0.5, 0.6) is 0 Å². The lowest BCUT2D eigenvalue weighted by molar-refractivity contribution is -0.124. The average Bonchev–Trinajstić information content (AvgIpc) is 2.60. The van der Waals surface area contributed by atoms with Crippen molar-refractivity contribution in [3.8, 4) is 0 Å². The first-order chi connectivity index (χ1) is 12.0. The molecule has 25 heavy (non-hydrogen) atoms. The summed E-state index contributed by atoms with van der Waals surface area (Å²) in [5.41, 5.74) is 0. The Morgan fingerprint density at radius 3 is 2.20 bits per heavy atom. The zero-order valence-electron chi connectivity index (χ0n) is 16.1. The molecule has 0 radical (unpaired) electrons. The Kier molecular flexibility index (Phi) is 11.7. The molecule has 1 aliphatic carbocycles. The van der Waals surface area contributed by atoms with E-state index in [9.17, 15) is 9.59 Å². The van der Waals surface area contributed by atoms with Crippen LogP contribution in [0.25, 0.3) is 0 Å². The van der Waals surface area contributed by atoms with Gasteiger partial charge in [-0.25, -0.2) is 0 Å². The van der Waals surface area contributed by atoms with Gasteiger partial charge in [0.1, 0.15) is 5.78 Å². The summed E-state index contributed by atoms with van der Waals surface area (Å²) in [6.07, 6.45) is 4.79. The topological polar surface area (TPSA) is 73.9 Å². The molecule has 0 aromatic heterocycles. The minimum absolute atomic E-state index is 0. The molecule has 1 amide bonds. The van der Waals surface area contributed by atoms with Crippen molar-refractivity contribution in [2.24, 2.45) is 5.92 Å². The van der Waals surface area contributed by atoms with Crippen LogP contribution in [0.15, 0.2) is 0 Å². The van der Waals surface area contributed by atoms with Crippen molar-refractivity contribution in [1.29, 1.82) is 0 Å². The zero-order valence-corrected chi connectivity index (χ0v) is 16.1. The summed E-state index contributed by atoms with van der Waals surface area (Å²) in [7, 11) is 0. The third-order valence-corrected chi connectivity index (χ3v) is 4.42. The summed E-state index contributed by atoms with van der Waals surface area (Å²) < 4.78 is 16.1. The predicted octanol–water partition coefficient (Wildman–Crippen LogP) is 2.73. The van der Waals surface area contributed by atoms with E-state index in [-0.39, 0.29) is 25.4 Å². The minimum atomic E-state index is 0. The standard InChI is InChI=1S/C19H35NO5.H2/c1-4-18(21)16-5-7-17(8-6-16)20-19(22)9-10-23-11-12-24-13-14-25-15(2)3;/h15-17H,4-14H2,1-3H3,(H,20,22);1H. The van der Waals surface area contributed by atoms with Gasteiger partial charge in [0, 0.05) is 26.2 Å². The maximum atomic E-state index is 11.9. The number of Topliss-reactive ketones (excluding diaryl/α,β-unsaturated/α-hetero) is 1. The van der Waals surface area contributed by atoms with Gasteiger partial charge in [-0.05, 0) is 39.5 Å². The van der Waals surface area contributed by atoms with E-state index in [1.54, 1.807) is 0 Å². The van der Waals surface area contributed by atoms with Gasteiger partial charge in [0.15, 0.2) is 0 Å². The molecular weight excluding hydrogens is 322 g/mol. The van der Waals surface area contributed by atoms with Crippen molar-refractivity contribution in [3.05, 3.63) is 0 Å². The van der Waals surface area contributed by atoms with Gasteiger partial charge in [0.25, 0.3) is 0 Å². The Bertz CT molecular complexity index is 384. The second kappa shape index (κ2) is 13.3. The first-order valence-corrected chi connectivity index (χ1v) is 9.62. The van der Waals surface area contributed by atoms with E-state index in [0.29, 0.717) is 51.7 Å². The molecule has 1 N–H and O–H groups in total. The van der Waals surface area contributed by atoms with Crippen LogP contribution in [0.3, 0.4) is 0 Å². The van der Waals surface area contributed by atoms with Crippen LogP contribution in [0.4, 0.5) is 0 Å². The van der Waals surface area contributed by atoms with Crippen LogP contribution in [-0.4, -0.2) is 56.9 Å². The van der Waals surface area contributed by atoms with Gasteiger partial charge >= 0.3 is 0 Å². The van der Waals surface area contributed by atoms with Gasteiger partial charge in [0.2, 0.25) is 5.91 Å². The summed E-state index contributed by atoms with van der Waals surface area (Å²) in [6, 6.07) is 0.206. The Morgan fingerprint density at radius 1 is 1.00 bits per heavy atom. The van der Waals surface area contributed by atoms with Crippen molar-refractivity contribution in [2.75, 3.05) is 33.0 Å². The number of carbonyl (C=O) groups excluding carboxylic acids is 2. The molecule has 0 bridgehead atoms. The number of nitrogens with one attached hydrogen (secondary N) is 1. The van der Waals surface area contributed by atoms with Gasteiger partial charge in [-0.3, -0.25) is 9.59 Å².